The van der Waals surface area contributed by atoms with Crippen molar-refractivity contribution in [3.8, 4) is 16.9 Å². The molecule has 5 heteroatoms. The van der Waals surface area contributed by atoms with E-state index >= 15 is 0 Å². The van der Waals surface area contributed by atoms with Gasteiger partial charge in [-0.05, 0) is 41.3 Å². The van der Waals surface area contributed by atoms with Gasteiger partial charge in [0.2, 0.25) is 0 Å². The Hall–Kier alpha value is -2.37. The Bertz CT molecular complexity index is 700. The van der Waals surface area contributed by atoms with Crippen LogP contribution in [0.15, 0.2) is 48.5 Å². The fourth-order valence-corrected chi connectivity index (χ4v) is 2.84. The van der Waals surface area contributed by atoms with Crippen molar-refractivity contribution in [2.75, 3.05) is 20.3 Å². The molecule has 126 valence electrons. The molecule has 1 fully saturated rings. The lowest BCUT2D eigenvalue weighted by Gasteiger charge is -2.16. The molecule has 1 aliphatic rings. The zero-order valence-electron chi connectivity index (χ0n) is 13.7. The summed E-state index contributed by atoms with van der Waals surface area (Å²) in [7, 11) is 1.65. The Labute approximate surface area is 141 Å². The van der Waals surface area contributed by atoms with E-state index in [1.54, 1.807) is 7.11 Å². The van der Waals surface area contributed by atoms with Crippen LogP contribution in [0.2, 0.25) is 0 Å². The summed E-state index contributed by atoms with van der Waals surface area (Å²) in [5.41, 5.74) is 8.60. The molecule has 2 unspecified atom stereocenters. The van der Waals surface area contributed by atoms with Crippen molar-refractivity contribution < 1.29 is 14.3 Å². The molecule has 0 bridgehead atoms. The molecule has 1 heterocycles. The van der Waals surface area contributed by atoms with E-state index in [0.29, 0.717) is 13.2 Å². The summed E-state index contributed by atoms with van der Waals surface area (Å²) in [5.74, 6) is 0.684. The monoisotopic (exact) mass is 326 g/mol. The highest BCUT2D eigenvalue weighted by Gasteiger charge is 2.27. The minimum absolute atomic E-state index is 0.0210. The summed E-state index contributed by atoms with van der Waals surface area (Å²) in [6.07, 6.45) is 0.136. The van der Waals surface area contributed by atoms with E-state index in [0.717, 1.165) is 28.9 Å². The van der Waals surface area contributed by atoms with Crippen molar-refractivity contribution in [3.63, 3.8) is 0 Å². The number of rotatable bonds is 4. The highest BCUT2D eigenvalue weighted by molar-refractivity contribution is 5.83. The summed E-state index contributed by atoms with van der Waals surface area (Å²) in [6, 6.07) is 15.7. The maximum Gasteiger partial charge on any atom is 0.254 e. The maximum absolute atomic E-state index is 12.4. The molecule has 1 saturated heterocycles. The van der Waals surface area contributed by atoms with Gasteiger partial charge in [0.25, 0.3) is 5.91 Å². The van der Waals surface area contributed by atoms with Crippen LogP contribution in [0.4, 0.5) is 0 Å². The number of methoxy groups -OCH3 is 1. The zero-order chi connectivity index (χ0) is 16.9. The third-order valence-electron chi connectivity index (χ3n) is 4.23. The molecule has 2 aromatic carbocycles. The summed E-state index contributed by atoms with van der Waals surface area (Å²) in [4.78, 5) is 12.4. The average Bonchev–Trinajstić information content (AvgIpc) is 2.83. The van der Waals surface area contributed by atoms with Gasteiger partial charge in [0.05, 0.1) is 13.7 Å². The number of amides is 1. The van der Waals surface area contributed by atoms with E-state index in [9.17, 15) is 4.79 Å². The zero-order valence-corrected chi connectivity index (χ0v) is 13.7. The molecule has 3 N–H and O–H groups in total. The van der Waals surface area contributed by atoms with Gasteiger partial charge in [-0.3, -0.25) is 4.79 Å². The van der Waals surface area contributed by atoms with Gasteiger partial charge < -0.3 is 20.5 Å². The molecule has 0 saturated carbocycles. The Kier molecular flexibility index (Phi) is 5.13. The average molecular weight is 326 g/mol. The number of hydrogen-bond acceptors (Lipinski definition) is 4. The fourth-order valence-electron chi connectivity index (χ4n) is 2.84. The minimum atomic E-state index is -0.597. The van der Waals surface area contributed by atoms with Crippen molar-refractivity contribution in [3.05, 3.63) is 54.1 Å². The number of hydrogen-bond donors (Lipinski definition) is 2. The molecule has 0 aromatic heterocycles. The van der Waals surface area contributed by atoms with Gasteiger partial charge in [-0.15, -0.1) is 0 Å². The molecule has 2 aromatic rings. The van der Waals surface area contributed by atoms with Crippen LogP contribution in [0.3, 0.4) is 0 Å². The first-order valence-corrected chi connectivity index (χ1v) is 8.07. The molecule has 0 aliphatic carbocycles. The minimum Gasteiger partial charge on any atom is -0.497 e. The van der Waals surface area contributed by atoms with Crippen LogP contribution >= 0.6 is 0 Å². The maximum atomic E-state index is 12.4. The Balaban J connectivity index is 1.85. The van der Waals surface area contributed by atoms with Crippen LogP contribution < -0.4 is 15.8 Å². The molecular weight excluding hydrogens is 304 g/mol. The van der Waals surface area contributed by atoms with E-state index in [1.165, 1.54) is 0 Å². The smallest absolute Gasteiger partial charge is 0.254 e. The Morgan fingerprint density at radius 1 is 1.21 bits per heavy atom. The molecule has 0 spiro atoms. The van der Waals surface area contributed by atoms with Crippen LogP contribution in [0.25, 0.3) is 11.1 Å². The lowest BCUT2D eigenvalue weighted by molar-refractivity contribution is -0.131. The van der Waals surface area contributed by atoms with Crippen LogP contribution in [0.5, 0.6) is 5.75 Å². The van der Waals surface area contributed by atoms with Crippen molar-refractivity contribution in [2.45, 2.75) is 18.6 Å². The second kappa shape index (κ2) is 7.47. The number of nitrogens with one attached hydrogen (secondary N) is 1. The fraction of sp³-hybridized carbons (Fsp3) is 0.316. The number of nitrogens with two attached hydrogens (primary N) is 1. The predicted molar refractivity (Wildman–Crippen MR) is 92.7 cm³/mol. The lowest BCUT2D eigenvalue weighted by atomic mass is 10.00. The van der Waals surface area contributed by atoms with E-state index in [-0.39, 0.29) is 11.9 Å². The van der Waals surface area contributed by atoms with Crippen LogP contribution in [0.1, 0.15) is 18.1 Å². The summed E-state index contributed by atoms with van der Waals surface area (Å²) >= 11 is 0. The summed E-state index contributed by atoms with van der Waals surface area (Å²) in [5, 5.41) is 2.95. The highest BCUT2D eigenvalue weighted by Crippen LogP contribution is 2.27. The van der Waals surface area contributed by atoms with E-state index < -0.39 is 6.10 Å². The number of benzene rings is 2. The highest BCUT2D eigenvalue weighted by atomic mass is 16.5. The van der Waals surface area contributed by atoms with E-state index in [4.69, 9.17) is 15.2 Å². The number of carbonyl (C=O) groups is 1. The van der Waals surface area contributed by atoms with Gasteiger partial charge >= 0.3 is 0 Å². The van der Waals surface area contributed by atoms with E-state index in [2.05, 4.69) is 5.32 Å². The van der Waals surface area contributed by atoms with Crippen LogP contribution in [0, 0.1) is 0 Å². The predicted octanol–water partition coefficient (Wildman–Crippen LogP) is 2.27. The molecule has 2 atom stereocenters. The molecule has 1 amide bonds. The SMILES string of the molecule is COc1ccc(-c2cccc(C3OCCC(CN)NC3=O)c2)cc1. The Morgan fingerprint density at radius 2 is 2.00 bits per heavy atom. The van der Waals surface area contributed by atoms with Crippen molar-refractivity contribution in [1.29, 1.82) is 0 Å². The number of carbonyl (C=O) groups excluding carboxylic acids is 1. The third-order valence-corrected chi connectivity index (χ3v) is 4.23. The third kappa shape index (κ3) is 3.58. The standard InChI is InChI=1S/C19H22N2O3/c1-23-17-7-5-13(6-8-17)14-3-2-4-15(11-14)18-19(22)21-16(12-20)9-10-24-18/h2-8,11,16,18H,9-10,12,20H2,1H3,(H,21,22). The van der Waals surface area contributed by atoms with Crippen LogP contribution in [-0.2, 0) is 9.53 Å². The van der Waals surface area contributed by atoms with Crippen LogP contribution in [-0.4, -0.2) is 32.2 Å². The number of ether oxygens (including phenoxy) is 2. The first-order chi connectivity index (χ1) is 11.7. The molecule has 0 radical (unpaired) electrons. The topological polar surface area (TPSA) is 73.6 Å². The van der Waals surface area contributed by atoms with Crippen molar-refractivity contribution >= 4 is 5.91 Å². The van der Waals surface area contributed by atoms with Gasteiger partial charge in [0, 0.05) is 12.6 Å². The van der Waals surface area contributed by atoms with Gasteiger partial charge in [-0.2, -0.15) is 0 Å². The summed E-state index contributed by atoms with van der Waals surface area (Å²) in [6.45, 7) is 0.936. The molecule has 24 heavy (non-hydrogen) atoms. The second-order valence-corrected chi connectivity index (χ2v) is 5.83. The molecule has 1 aliphatic heterocycles. The molecule has 5 nitrogen and oxygen atoms in total. The van der Waals surface area contributed by atoms with Gasteiger partial charge in [-0.25, -0.2) is 0 Å². The van der Waals surface area contributed by atoms with E-state index in [1.807, 2.05) is 48.5 Å². The van der Waals surface area contributed by atoms with Gasteiger partial charge in [0.1, 0.15) is 5.75 Å². The first-order valence-electron chi connectivity index (χ1n) is 8.07. The molecular formula is C19H22N2O3. The van der Waals surface area contributed by atoms with Gasteiger partial charge in [0.15, 0.2) is 6.10 Å². The first kappa shape index (κ1) is 16.5. The molecule has 3 rings (SSSR count). The quantitative estimate of drug-likeness (QED) is 0.904. The summed E-state index contributed by atoms with van der Waals surface area (Å²) < 4.78 is 11.0. The Morgan fingerprint density at radius 3 is 2.71 bits per heavy atom. The van der Waals surface area contributed by atoms with Crippen molar-refractivity contribution in [1.82, 2.24) is 5.32 Å². The second-order valence-electron chi connectivity index (χ2n) is 5.83. The normalized spacial score (nSPS) is 21.0. The lowest BCUT2D eigenvalue weighted by Crippen LogP contribution is -2.40. The van der Waals surface area contributed by atoms with Gasteiger partial charge in [-0.1, -0.05) is 30.3 Å². The van der Waals surface area contributed by atoms with Crippen molar-refractivity contribution in [2.24, 2.45) is 5.73 Å². The largest absolute Gasteiger partial charge is 0.497 e.